The number of aliphatic hydroxyl groups is 4. The van der Waals surface area contributed by atoms with Gasteiger partial charge < -0.3 is 30.3 Å². The van der Waals surface area contributed by atoms with Crippen LogP contribution in [0.2, 0.25) is 0 Å². The third-order valence-corrected chi connectivity index (χ3v) is 3.08. The molecule has 1 rings (SSSR count). The van der Waals surface area contributed by atoms with Crippen LogP contribution in [0.4, 0.5) is 0 Å². The second kappa shape index (κ2) is 5.74. The number of aliphatic carboxylic acids is 1. The number of aliphatic hydroxyl groups excluding tert-OH is 4. The lowest BCUT2D eigenvalue weighted by atomic mass is 9.86. The molecule has 0 bridgehead atoms. The summed E-state index contributed by atoms with van der Waals surface area (Å²) in [5.74, 6) is -2.15. The van der Waals surface area contributed by atoms with Crippen LogP contribution in [0.5, 0.6) is 0 Å². The first-order valence-electron chi connectivity index (χ1n) is 5.47. The molecule has 0 aromatic rings. The molecule has 0 aromatic carbocycles. The SMILES string of the molecule is CCC(C(=O)O)C1O[C@H](CO)[C@@H](O)[C@H](O)[C@H]1O. The van der Waals surface area contributed by atoms with Crippen molar-refractivity contribution in [2.75, 3.05) is 6.61 Å². The molecule has 0 spiro atoms. The number of ether oxygens (including phenoxy) is 1. The van der Waals surface area contributed by atoms with E-state index in [9.17, 15) is 20.1 Å². The van der Waals surface area contributed by atoms with E-state index >= 15 is 0 Å². The summed E-state index contributed by atoms with van der Waals surface area (Å²) in [6, 6.07) is 0. The molecule has 6 atom stereocenters. The summed E-state index contributed by atoms with van der Waals surface area (Å²) < 4.78 is 5.15. The van der Waals surface area contributed by atoms with Crippen molar-refractivity contribution in [2.45, 2.75) is 43.9 Å². The van der Waals surface area contributed by atoms with Gasteiger partial charge in [0.05, 0.1) is 18.6 Å². The normalized spacial score (nSPS) is 39.9. The summed E-state index contributed by atoms with van der Waals surface area (Å²) in [4.78, 5) is 11.0. The van der Waals surface area contributed by atoms with Crippen LogP contribution in [0.1, 0.15) is 13.3 Å². The van der Waals surface area contributed by atoms with E-state index in [1.807, 2.05) is 0 Å². The molecule has 0 radical (unpaired) electrons. The molecule has 1 saturated heterocycles. The minimum Gasteiger partial charge on any atom is -0.481 e. The average Bonchev–Trinajstić information content (AvgIpc) is 2.29. The van der Waals surface area contributed by atoms with Crippen LogP contribution in [0.3, 0.4) is 0 Å². The second-order valence-electron chi connectivity index (χ2n) is 4.15. The van der Waals surface area contributed by atoms with Crippen LogP contribution in [0.15, 0.2) is 0 Å². The molecule has 1 aliphatic rings. The lowest BCUT2D eigenvalue weighted by Gasteiger charge is -2.41. The van der Waals surface area contributed by atoms with Crippen molar-refractivity contribution in [3.05, 3.63) is 0 Å². The van der Waals surface area contributed by atoms with Crippen molar-refractivity contribution in [2.24, 2.45) is 5.92 Å². The van der Waals surface area contributed by atoms with Crippen LogP contribution in [0.25, 0.3) is 0 Å². The Hall–Kier alpha value is -0.730. The highest BCUT2D eigenvalue weighted by molar-refractivity contribution is 5.70. The van der Waals surface area contributed by atoms with Gasteiger partial charge in [0.2, 0.25) is 0 Å². The van der Waals surface area contributed by atoms with Gasteiger partial charge in [0, 0.05) is 0 Å². The summed E-state index contributed by atoms with van der Waals surface area (Å²) in [7, 11) is 0. The Kier molecular flexibility index (Phi) is 4.84. The van der Waals surface area contributed by atoms with Gasteiger partial charge in [-0.25, -0.2) is 0 Å². The van der Waals surface area contributed by atoms with Gasteiger partial charge in [-0.3, -0.25) is 4.79 Å². The molecule has 1 aliphatic heterocycles. The van der Waals surface area contributed by atoms with Gasteiger partial charge in [0.25, 0.3) is 0 Å². The average molecular weight is 250 g/mol. The summed E-state index contributed by atoms with van der Waals surface area (Å²) in [6.45, 7) is 1.05. The van der Waals surface area contributed by atoms with Crippen molar-refractivity contribution in [1.82, 2.24) is 0 Å². The largest absolute Gasteiger partial charge is 0.481 e. The zero-order valence-electron chi connectivity index (χ0n) is 9.43. The zero-order chi connectivity index (χ0) is 13.2. The minimum absolute atomic E-state index is 0.206. The molecule has 0 aliphatic carbocycles. The Bertz CT molecular complexity index is 267. The molecule has 0 saturated carbocycles. The van der Waals surface area contributed by atoms with Crippen molar-refractivity contribution < 1.29 is 35.1 Å². The molecule has 17 heavy (non-hydrogen) atoms. The van der Waals surface area contributed by atoms with Crippen LogP contribution in [0, 0.1) is 5.92 Å². The molecule has 0 aromatic heterocycles. The predicted octanol–water partition coefficient (Wildman–Crippen LogP) is -2.06. The first-order valence-corrected chi connectivity index (χ1v) is 5.47. The number of carboxylic acid groups (broad SMARTS) is 1. The van der Waals surface area contributed by atoms with E-state index < -0.39 is 49.0 Å². The van der Waals surface area contributed by atoms with Gasteiger partial charge in [0.15, 0.2) is 0 Å². The van der Waals surface area contributed by atoms with Gasteiger partial charge in [-0.2, -0.15) is 0 Å². The lowest BCUT2D eigenvalue weighted by Crippen LogP contribution is -2.61. The van der Waals surface area contributed by atoms with E-state index in [4.69, 9.17) is 14.9 Å². The molecule has 1 fully saturated rings. The third kappa shape index (κ3) is 2.75. The van der Waals surface area contributed by atoms with E-state index in [0.29, 0.717) is 0 Å². The molecule has 5 N–H and O–H groups in total. The molecule has 1 heterocycles. The predicted molar refractivity (Wildman–Crippen MR) is 55.2 cm³/mol. The fourth-order valence-corrected chi connectivity index (χ4v) is 2.01. The Labute approximate surface area is 98.3 Å². The molecular formula is C10H18O7. The summed E-state index contributed by atoms with van der Waals surface area (Å²) in [6.07, 6.45) is -6.48. The Balaban J connectivity index is 2.87. The molecule has 7 heteroatoms. The van der Waals surface area contributed by atoms with E-state index in [0.717, 1.165) is 0 Å². The van der Waals surface area contributed by atoms with E-state index in [1.54, 1.807) is 6.92 Å². The number of carboxylic acids is 1. The molecule has 0 amide bonds. The topological polar surface area (TPSA) is 127 Å². The Morgan fingerprint density at radius 3 is 2.24 bits per heavy atom. The Morgan fingerprint density at radius 2 is 1.82 bits per heavy atom. The highest BCUT2D eigenvalue weighted by atomic mass is 16.5. The monoisotopic (exact) mass is 250 g/mol. The summed E-state index contributed by atoms with van der Waals surface area (Å²) in [5.41, 5.74) is 0. The molecule has 7 nitrogen and oxygen atoms in total. The van der Waals surface area contributed by atoms with Gasteiger partial charge in [-0.1, -0.05) is 6.92 Å². The molecular weight excluding hydrogens is 232 g/mol. The Morgan fingerprint density at radius 1 is 1.24 bits per heavy atom. The smallest absolute Gasteiger partial charge is 0.309 e. The lowest BCUT2D eigenvalue weighted by molar-refractivity contribution is -0.242. The van der Waals surface area contributed by atoms with Crippen molar-refractivity contribution in [3.63, 3.8) is 0 Å². The zero-order valence-corrected chi connectivity index (χ0v) is 9.43. The fourth-order valence-electron chi connectivity index (χ4n) is 2.01. The quantitative estimate of drug-likeness (QED) is 0.388. The summed E-state index contributed by atoms with van der Waals surface area (Å²) >= 11 is 0. The van der Waals surface area contributed by atoms with E-state index in [1.165, 1.54) is 0 Å². The van der Waals surface area contributed by atoms with Gasteiger partial charge >= 0.3 is 5.97 Å². The third-order valence-electron chi connectivity index (χ3n) is 3.08. The van der Waals surface area contributed by atoms with E-state index in [2.05, 4.69) is 0 Å². The number of hydrogen-bond acceptors (Lipinski definition) is 6. The van der Waals surface area contributed by atoms with Crippen LogP contribution in [-0.4, -0.2) is 68.6 Å². The van der Waals surface area contributed by atoms with Crippen molar-refractivity contribution in [1.29, 1.82) is 0 Å². The maximum absolute atomic E-state index is 11.0. The van der Waals surface area contributed by atoms with E-state index in [-0.39, 0.29) is 6.42 Å². The first-order chi connectivity index (χ1) is 7.93. The maximum Gasteiger partial charge on any atom is 0.309 e. The van der Waals surface area contributed by atoms with Gasteiger partial charge in [-0.05, 0) is 6.42 Å². The van der Waals surface area contributed by atoms with Crippen molar-refractivity contribution in [3.8, 4) is 0 Å². The fraction of sp³-hybridized carbons (Fsp3) is 0.900. The second-order valence-corrected chi connectivity index (χ2v) is 4.15. The number of rotatable bonds is 4. The minimum atomic E-state index is -1.53. The van der Waals surface area contributed by atoms with Crippen LogP contribution >= 0.6 is 0 Å². The molecule has 100 valence electrons. The maximum atomic E-state index is 11.0. The standard InChI is InChI=1S/C10H18O7/c1-2-4(10(15)16)9-8(14)7(13)6(12)5(3-11)17-9/h4-9,11-14H,2-3H2,1H3,(H,15,16)/t4?,5-,6-,7+,8-,9?/m1/s1. The number of hydrogen-bond donors (Lipinski definition) is 5. The van der Waals surface area contributed by atoms with Gasteiger partial charge in [0.1, 0.15) is 24.4 Å². The highest BCUT2D eigenvalue weighted by Crippen LogP contribution is 2.27. The van der Waals surface area contributed by atoms with Gasteiger partial charge in [-0.15, -0.1) is 0 Å². The van der Waals surface area contributed by atoms with Crippen molar-refractivity contribution >= 4 is 5.97 Å². The summed E-state index contributed by atoms with van der Waals surface area (Å²) in [5, 5.41) is 46.6. The van der Waals surface area contributed by atoms with Crippen LogP contribution < -0.4 is 0 Å². The van der Waals surface area contributed by atoms with Crippen LogP contribution in [-0.2, 0) is 9.53 Å². The number of carbonyl (C=O) groups is 1. The molecule has 2 unspecified atom stereocenters. The first kappa shape index (κ1) is 14.3. The highest BCUT2D eigenvalue weighted by Gasteiger charge is 2.47.